The molecule has 0 amide bonds. The van der Waals surface area contributed by atoms with Crippen LogP contribution >= 0.6 is 0 Å². The number of nitroso groups, excluding NO2 is 2. The number of rotatable bonds is 3. The molecule has 0 spiro atoms. The highest BCUT2D eigenvalue weighted by molar-refractivity contribution is 5.69. The quantitative estimate of drug-likeness (QED) is 0.406. The van der Waals surface area contributed by atoms with Gasteiger partial charge in [0.05, 0.1) is 5.69 Å². The lowest BCUT2D eigenvalue weighted by Crippen LogP contribution is -2.06. The average molecular weight is 166 g/mol. The largest absolute Gasteiger partial charge is 0.322 e. The molecular weight excluding hydrogens is 160 g/mol. The van der Waals surface area contributed by atoms with E-state index in [1.807, 2.05) is 0 Å². The lowest BCUT2D eigenvalue weighted by atomic mass is 10.2. The van der Waals surface area contributed by atoms with Crippen molar-refractivity contribution in [3.63, 3.8) is 0 Å². The summed E-state index contributed by atoms with van der Waals surface area (Å²) in [7, 11) is 0. The second-order valence-corrected chi connectivity index (χ2v) is 2.03. The van der Waals surface area contributed by atoms with Gasteiger partial charge in [-0.15, -0.1) is 9.81 Å². The highest BCUT2D eigenvalue weighted by Crippen LogP contribution is 2.28. The van der Waals surface area contributed by atoms with Gasteiger partial charge in [-0.05, 0) is 28.6 Å². The van der Waals surface area contributed by atoms with Crippen molar-refractivity contribution in [1.29, 1.82) is 0 Å². The molecule has 0 saturated heterocycles. The topological polar surface area (TPSA) is 96.9 Å². The van der Waals surface area contributed by atoms with Gasteiger partial charge in [-0.3, -0.25) is 5.84 Å². The minimum Gasteiger partial charge on any atom is -0.322 e. The minimum absolute atomic E-state index is 0.0644. The molecule has 1 aromatic carbocycles. The maximum Gasteiger partial charge on any atom is 0.134 e. The molecule has 0 atom stereocenters. The normalized spacial score (nSPS) is 9.08. The Bertz CT molecular complexity index is 312. The van der Waals surface area contributed by atoms with Gasteiger partial charge in [0, 0.05) is 0 Å². The van der Waals surface area contributed by atoms with Gasteiger partial charge in [-0.1, -0.05) is 0 Å². The van der Waals surface area contributed by atoms with E-state index in [2.05, 4.69) is 15.8 Å². The number of nitrogens with one attached hydrogen (secondary N) is 1. The first-order valence-corrected chi connectivity index (χ1v) is 3.09. The van der Waals surface area contributed by atoms with E-state index in [-0.39, 0.29) is 11.4 Å². The molecule has 6 heteroatoms. The first-order valence-electron chi connectivity index (χ1n) is 3.09. The third-order valence-corrected chi connectivity index (χ3v) is 1.34. The Morgan fingerprint density at radius 2 is 2.00 bits per heavy atom. The summed E-state index contributed by atoms with van der Waals surface area (Å²) < 4.78 is 0. The second kappa shape index (κ2) is 3.54. The van der Waals surface area contributed by atoms with E-state index in [1.54, 1.807) is 0 Å². The number of nitrogen functional groups attached to an aromatic ring is 1. The van der Waals surface area contributed by atoms with Gasteiger partial charge >= 0.3 is 0 Å². The van der Waals surface area contributed by atoms with Crippen molar-refractivity contribution < 1.29 is 0 Å². The van der Waals surface area contributed by atoms with Crippen LogP contribution in [0.25, 0.3) is 0 Å². The standard InChI is InChI=1S/C6H6N4O2/c7-8-5-2-1-4(9-11)3-6(5)10-12/h1-3,8H,7H2. The van der Waals surface area contributed by atoms with Crippen molar-refractivity contribution in [2.75, 3.05) is 5.43 Å². The predicted octanol–water partition coefficient (Wildman–Crippen LogP) is 1.77. The summed E-state index contributed by atoms with van der Waals surface area (Å²) in [5.74, 6) is 5.06. The molecule has 0 bridgehead atoms. The smallest absolute Gasteiger partial charge is 0.134 e. The van der Waals surface area contributed by atoms with E-state index < -0.39 is 0 Å². The van der Waals surface area contributed by atoms with Crippen LogP contribution in [0.3, 0.4) is 0 Å². The van der Waals surface area contributed by atoms with Crippen molar-refractivity contribution in [1.82, 2.24) is 0 Å². The average Bonchev–Trinajstić information content (AvgIpc) is 2.16. The van der Waals surface area contributed by atoms with Crippen LogP contribution in [0.15, 0.2) is 28.6 Å². The molecule has 1 rings (SSSR count). The number of nitrogens with zero attached hydrogens (tertiary/aromatic N) is 2. The van der Waals surface area contributed by atoms with Crippen molar-refractivity contribution in [2.24, 2.45) is 16.2 Å². The van der Waals surface area contributed by atoms with Crippen LogP contribution in [0.4, 0.5) is 17.1 Å². The maximum atomic E-state index is 10.2. The fourth-order valence-electron chi connectivity index (χ4n) is 0.774. The third kappa shape index (κ3) is 1.43. The number of hydrogen-bond donors (Lipinski definition) is 2. The highest BCUT2D eigenvalue weighted by Gasteiger charge is 2.02. The molecular formula is C6H6N4O2. The van der Waals surface area contributed by atoms with Crippen LogP contribution < -0.4 is 11.3 Å². The Morgan fingerprint density at radius 1 is 1.25 bits per heavy atom. The van der Waals surface area contributed by atoms with Crippen LogP contribution in [-0.4, -0.2) is 0 Å². The van der Waals surface area contributed by atoms with Gasteiger partial charge in [0.2, 0.25) is 0 Å². The van der Waals surface area contributed by atoms with Gasteiger partial charge < -0.3 is 5.43 Å². The van der Waals surface area contributed by atoms with E-state index in [9.17, 15) is 9.81 Å². The van der Waals surface area contributed by atoms with Crippen LogP contribution in [0.2, 0.25) is 0 Å². The van der Waals surface area contributed by atoms with E-state index in [0.717, 1.165) is 0 Å². The molecule has 0 aliphatic rings. The van der Waals surface area contributed by atoms with Crippen molar-refractivity contribution in [2.45, 2.75) is 0 Å². The Kier molecular flexibility index (Phi) is 2.44. The fourth-order valence-corrected chi connectivity index (χ4v) is 0.774. The molecule has 0 aliphatic heterocycles. The minimum atomic E-state index is 0.0644. The second-order valence-electron chi connectivity index (χ2n) is 2.03. The molecule has 0 aromatic heterocycles. The lowest BCUT2D eigenvalue weighted by molar-refractivity contribution is 1.32. The molecule has 0 aliphatic carbocycles. The predicted molar refractivity (Wildman–Crippen MR) is 45.2 cm³/mol. The molecule has 12 heavy (non-hydrogen) atoms. The number of hydrazine groups is 1. The zero-order valence-electron chi connectivity index (χ0n) is 6.02. The maximum absolute atomic E-state index is 10.2. The van der Waals surface area contributed by atoms with Crippen molar-refractivity contribution in [3.05, 3.63) is 28.0 Å². The van der Waals surface area contributed by atoms with Crippen LogP contribution in [0.5, 0.6) is 0 Å². The number of anilines is 1. The first kappa shape index (κ1) is 8.28. The Balaban J connectivity index is 3.18. The molecule has 6 nitrogen and oxygen atoms in total. The summed E-state index contributed by atoms with van der Waals surface area (Å²) in [6.45, 7) is 0. The number of hydrogen-bond acceptors (Lipinski definition) is 6. The third-order valence-electron chi connectivity index (χ3n) is 1.34. The number of benzene rings is 1. The molecule has 3 N–H and O–H groups in total. The Labute approximate surface area is 67.7 Å². The van der Waals surface area contributed by atoms with Crippen LogP contribution in [0, 0.1) is 9.81 Å². The summed E-state index contributed by atoms with van der Waals surface area (Å²) in [4.78, 5) is 20.2. The van der Waals surface area contributed by atoms with Gasteiger partial charge in [-0.2, -0.15) is 0 Å². The molecule has 1 aromatic rings. The summed E-state index contributed by atoms with van der Waals surface area (Å²) in [6, 6.07) is 4.12. The van der Waals surface area contributed by atoms with Gasteiger partial charge in [0.15, 0.2) is 0 Å². The Morgan fingerprint density at radius 3 is 2.50 bits per heavy atom. The summed E-state index contributed by atoms with van der Waals surface area (Å²) in [5, 5.41) is 5.30. The lowest BCUT2D eigenvalue weighted by Gasteiger charge is -2.00. The fraction of sp³-hybridized carbons (Fsp3) is 0. The van der Waals surface area contributed by atoms with Gasteiger partial charge in [0.1, 0.15) is 11.4 Å². The first-order chi connectivity index (χ1) is 5.81. The van der Waals surface area contributed by atoms with E-state index in [1.165, 1.54) is 18.2 Å². The van der Waals surface area contributed by atoms with Crippen LogP contribution in [0.1, 0.15) is 0 Å². The molecule has 0 unspecified atom stereocenters. The van der Waals surface area contributed by atoms with Crippen molar-refractivity contribution >= 4 is 17.1 Å². The highest BCUT2D eigenvalue weighted by atomic mass is 16.3. The van der Waals surface area contributed by atoms with E-state index in [4.69, 9.17) is 5.84 Å². The molecule has 0 radical (unpaired) electrons. The molecule has 0 heterocycles. The summed E-state index contributed by atoms with van der Waals surface area (Å²) >= 11 is 0. The zero-order valence-corrected chi connectivity index (χ0v) is 6.02. The molecule has 0 fully saturated rings. The van der Waals surface area contributed by atoms with Crippen LogP contribution in [-0.2, 0) is 0 Å². The van der Waals surface area contributed by atoms with Gasteiger partial charge in [0.25, 0.3) is 0 Å². The monoisotopic (exact) mass is 166 g/mol. The number of nitrogens with two attached hydrogens (primary N) is 1. The summed E-state index contributed by atoms with van der Waals surface area (Å²) in [6.07, 6.45) is 0. The molecule has 0 saturated carbocycles. The van der Waals surface area contributed by atoms with Gasteiger partial charge in [-0.25, -0.2) is 0 Å². The van der Waals surface area contributed by atoms with E-state index >= 15 is 0 Å². The zero-order chi connectivity index (χ0) is 8.97. The SMILES string of the molecule is NNc1ccc(N=O)cc1N=O. The Hall–Kier alpha value is -1.82. The van der Waals surface area contributed by atoms with E-state index in [0.29, 0.717) is 5.69 Å². The summed E-state index contributed by atoms with van der Waals surface area (Å²) in [5.41, 5.74) is 2.83. The van der Waals surface area contributed by atoms with Crippen molar-refractivity contribution in [3.8, 4) is 0 Å². The molecule has 62 valence electrons.